The van der Waals surface area contributed by atoms with Gasteiger partial charge in [0.05, 0.1) is 0 Å². The Labute approximate surface area is 354 Å². The molecule has 0 unspecified atom stereocenters. The molecule has 1 fully saturated rings. The maximum Gasteiger partial charge on any atom is 0.0465 e. The molecule has 0 spiro atoms. The molecule has 0 aromatic heterocycles. The minimum Gasteiger partial charge on any atom is -0.310 e. The van der Waals surface area contributed by atoms with Crippen LogP contribution in [0.5, 0.6) is 0 Å². The lowest BCUT2D eigenvalue weighted by atomic mass is 9.82. The van der Waals surface area contributed by atoms with E-state index in [2.05, 4.69) is 213 Å². The van der Waals surface area contributed by atoms with E-state index in [-0.39, 0.29) is 5.41 Å². The summed E-state index contributed by atoms with van der Waals surface area (Å²) >= 11 is 0. The monoisotopic (exact) mass is 771 g/mol. The first kappa shape index (κ1) is 36.4. The van der Waals surface area contributed by atoms with E-state index >= 15 is 0 Å². The topological polar surface area (TPSA) is 3.24 Å². The van der Waals surface area contributed by atoms with Crippen molar-refractivity contribution in [3.05, 3.63) is 211 Å². The molecule has 60 heavy (non-hydrogen) atoms. The first-order valence-corrected chi connectivity index (χ1v) is 21.9. The van der Waals surface area contributed by atoms with E-state index < -0.39 is 0 Å². The van der Waals surface area contributed by atoms with Crippen LogP contribution in [-0.2, 0) is 5.41 Å². The van der Waals surface area contributed by atoms with Crippen molar-refractivity contribution in [2.75, 3.05) is 4.90 Å². The van der Waals surface area contributed by atoms with Gasteiger partial charge < -0.3 is 4.90 Å². The van der Waals surface area contributed by atoms with Gasteiger partial charge in [0, 0.05) is 22.5 Å². The lowest BCUT2D eigenvalue weighted by Crippen LogP contribution is -2.16. The third-order valence-corrected chi connectivity index (χ3v) is 13.7. The van der Waals surface area contributed by atoms with E-state index in [1.54, 1.807) is 0 Å². The summed E-state index contributed by atoms with van der Waals surface area (Å²) in [5.74, 6) is 0.666. The zero-order valence-corrected chi connectivity index (χ0v) is 34.5. The van der Waals surface area contributed by atoms with E-state index in [0.717, 1.165) is 5.69 Å². The molecule has 1 heteroatoms. The van der Waals surface area contributed by atoms with E-state index in [4.69, 9.17) is 0 Å². The smallest absolute Gasteiger partial charge is 0.0465 e. The largest absolute Gasteiger partial charge is 0.310 e. The van der Waals surface area contributed by atoms with Gasteiger partial charge in [-0.3, -0.25) is 0 Å². The Morgan fingerprint density at radius 2 is 0.883 bits per heavy atom. The summed E-state index contributed by atoms with van der Waals surface area (Å²) in [4.78, 5) is 2.47. The Morgan fingerprint density at radius 3 is 1.52 bits per heavy atom. The van der Waals surface area contributed by atoms with Crippen LogP contribution < -0.4 is 4.90 Å². The van der Waals surface area contributed by atoms with E-state index in [0.29, 0.717) is 5.92 Å². The standard InChI is InChI=1S/C59H49N/c1-59(2)56-22-11-10-19-54(56)55-36-35-51(39-57(55)59)60(49-31-27-43(28-32-49)40-13-4-3-5-14-40)50-33-29-44(30-34-50)58-52(47-25-23-41-15-6-8-17-45(41)37-47)20-12-21-53(58)48-26-24-42-16-7-9-18-46(42)38-48/h6-12,15-40H,3-5,13-14H2,1-2H3. The second kappa shape index (κ2) is 14.8. The Kier molecular flexibility index (Phi) is 9.00. The zero-order valence-electron chi connectivity index (χ0n) is 34.5. The molecule has 11 rings (SSSR count). The van der Waals surface area contributed by atoms with Crippen LogP contribution in [0.25, 0.3) is 66.1 Å². The van der Waals surface area contributed by atoms with Gasteiger partial charge in [-0.05, 0) is 150 Å². The highest BCUT2D eigenvalue weighted by molar-refractivity contribution is 5.99. The quantitative estimate of drug-likeness (QED) is 0.156. The molecule has 9 aromatic carbocycles. The predicted molar refractivity (Wildman–Crippen MR) is 256 cm³/mol. The molecule has 2 aliphatic carbocycles. The molecule has 0 heterocycles. The zero-order chi connectivity index (χ0) is 40.2. The average Bonchev–Trinajstić information content (AvgIpc) is 3.54. The maximum atomic E-state index is 2.47. The first-order valence-electron chi connectivity index (χ1n) is 21.9. The predicted octanol–water partition coefficient (Wildman–Crippen LogP) is 16.8. The van der Waals surface area contributed by atoms with Crippen molar-refractivity contribution in [2.24, 2.45) is 0 Å². The van der Waals surface area contributed by atoms with Crippen molar-refractivity contribution in [3.8, 4) is 44.5 Å². The second-order valence-corrected chi connectivity index (χ2v) is 17.6. The third-order valence-electron chi connectivity index (χ3n) is 13.7. The Bertz CT molecular complexity index is 2940. The molecule has 9 aromatic rings. The molecule has 1 nitrogen and oxygen atoms in total. The number of anilines is 3. The summed E-state index contributed by atoms with van der Waals surface area (Å²) in [5.41, 5.74) is 17.7. The van der Waals surface area contributed by atoms with Gasteiger partial charge >= 0.3 is 0 Å². The fourth-order valence-corrected chi connectivity index (χ4v) is 10.4. The Morgan fingerprint density at radius 1 is 0.383 bits per heavy atom. The van der Waals surface area contributed by atoms with Gasteiger partial charge in [-0.2, -0.15) is 0 Å². The van der Waals surface area contributed by atoms with Crippen LogP contribution in [0.3, 0.4) is 0 Å². The molecule has 0 atom stereocenters. The molecule has 290 valence electrons. The first-order chi connectivity index (χ1) is 29.5. The van der Waals surface area contributed by atoms with Crippen LogP contribution in [0.4, 0.5) is 17.1 Å². The highest BCUT2D eigenvalue weighted by Crippen LogP contribution is 2.51. The van der Waals surface area contributed by atoms with Gasteiger partial charge in [0.25, 0.3) is 0 Å². The molecule has 0 N–H and O–H groups in total. The number of benzene rings is 9. The number of hydrogen-bond acceptors (Lipinski definition) is 1. The Balaban J connectivity index is 1.05. The highest BCUT2D eigenvalue weighted by Gasteiger charge is 2.35. The van der Waals surface area contributed by atoms with Crippen LogP contribution in [0.1, 0.15) is 68.6 Å². The van der Waals surface area contributed by atoms with Crippen molar-refractivity contribution in [2.45, 2.75) is 57.3 Å². The fourth-order valence-electron chi connectivity index (χ4n) is 10.4. The van der Waals surface area contributed by atoms with Crippen LogP contribution >= 0.6 is 0 Å². The summed E-state index contributed by atoms with van der Waals surface area (Å²) < 4.78 is 0. The van der Waals surface area contributed by atoms with Gasteiger partial charge in [-0.15, -0.1) is 0 Å². The van der Waals surface area contributed by atoms with Gasteiger partial charge in [0.1, 0.15) is 0 Å². The normalized spacial score (nSPS) is 14.6. The summed E-state index contributed by atoms with van der Waals surface area (Å²) in [5, 5.41) is 5.00. The number of nitrogens with zero attached hydrogens (tertiary/aromatic N) is 1. The maximum absolute atomic E-state index is 2.47. The molecule has 0 amide bonds. The number of rotatable bonds is 7. The van der Waals surface area contributed by atoms with E-state index in [1.807, 2.05) is 0 Å². The lowest BCUT2D eigenvalue weighted by Gasteiger charge is -2.29. The van der Waals surface area contributed by atoms with Crippen LogP contribution in [0.2, 0.25) is 0 Å². The van der Waals surface area contributed by atoms with Crippen LogP contribution in [0.15, 0.2) is 194 Å². The van der Waals surface area contributed by atoms with Crippen LogP contribution in [0, 0.1) is 0 Å². The average molecular weight is 772 g/mol. The minimum absolute atomic E-state index is 0.0893. The van der Waals surface area contributed by atoms with Crippen molar-refractivity contribution in [1.29, 1.82) is 0 Å². The molecule has 0 bridgehead atoms. The van der Waals surface area contributed by atoms with Gasteiger partial charge in [-0.1, -0.05) is 179 Å². The third kappa shape index (κ3) is 6.32. The van der Waals surface area contributed by atoms with Crippen molar-refractivity contribution >= 4 is 38.6 Å². The summed E-state index contributed by atoms with van der Waals surface area (Å²) in [6.45, 7) is 4.75. The lowest BCUT2D eigenvalue weighted by molar-refractivity contribution is 0.443. The second-order valence-electron chi connectivity index (χ2n) is 17.6. The fraction of sp³-hybridized carbons (Fsp3) is 0.153. The molecular formula is C59H49N. The van der Waals surface area contributed by atoms with Crippen molar-refractivity contribution in [1.82, 2.24) is 0 Å². The molecular weight excluding hydrogens is 723 g/mol. The van der Waals surface area contributed by atoms with Crippen molar-refractivity contribution in [3.63, 3.8) is 0 Å². The Hall–Kier alpha value is -6.70. The van der Waals surface area contributed by atoms with Crippen LogP contribution in [-0.4, -0.2) is 0 Å². The summed E-state index contributed by atoms with van der Waals surface area (Å²) in [6, 6.07) is 72.8. The van der Waals surface area contributed by atoms with E-state index in [9.17, 15) is 0 Å². The number of hydrogen-bond donors (Lipinski definition) is 0. The summed E-state index contributed by atoms with van der Waals surface area (Å²) in [6.07, 6.45) is 6.64. The van der Waals surface area contributed by atoms with E-state index in [1.165, 1.54) is 126 Å². The van der Waals surface area contributed by atoms with Gasteiger partial charge in [0.15, 0.2) is 0 Å². The molecule has 0 aliphatic heterocycles. The molecule has 1 saturated carbocycles. The molecule has 0 radical (unpaired) electrons. The molecule has 0 saturated heterocycles. The SMILES string of the molecule is CC1(C)c2ccccc2-c2ccc(N(c3ccc(-c4c(-c5ccc6ccccc6c5)cccc4-c4ccc5ccccc5c4)cc3)c3ccc(C4CCCCC4)cc3)cc21. The minimum atomic E-state index is -0.0893. The number of fused-ring (bicyclic) bond motifs is 5. The highest BCUT2D eigenvalue weighted by atomic mass is 15.1. The van der Waals surface area contributed by atoms with Crippen molar-refractivity contribution < 1.29 is 0 Å². The van der Waals surface area contributed by atoms with Gasteiger partial charge in [0.2, 0.25) is 0 Å². The summed E-state index contributed by atoms with van der Waals surface area (Å²) in [7, 11) is 0. The molecule has 2 aliphatic rings. The van der Waals surface area contributed by atoms with Gasteiger partial charge in [-0.25, -0.2) is 0 Å².